The van der Waals surface area contributed by atoms with Crippen LogP contribution in [0.1, 0.15) is 26.2 Å². The quantitative estimate of drug-likeness (QED) is 0.442. The summed E-state index contributed by atoms with van der Waals surface area (Å²) in [4.78, 5) is 9.43. The molecule has 0 amide bonds. The van der Waals surface area contributed by atoms with Gasteiger partial charge in [-0.3, -0.25) is 4.99 Å². The number of likely N-dealkylation sites (tertiary alicyclic amines) is 1. The summed E-state index contributed by atoms with van der Waals surface area (Å²) in [6.45, 7) is 7.96. The predicted molar refractivity (Wildman–Crippen MR) is 114 cm³/mol. The third kappa shape index (κ3) is 5.01. The van der Waals surface area contributed by atoms with Gasteiger partial charge in [0.15, 0.2) is 5.96 Å². The number of piperidine rings is 1. The van der Waals surface area contributed by atoms with E-state index in [4.69, 9.17) is 0 Å². The van der Waals surface area contributed by atoms with E-state index in [2.05, 4.69) is 57.4 Å². The SMILES string of the molecule is CN=C(NCC1CCN(c2ccccc2)C1)N1CCCC(C)C1.I. The van der Waals surface area contributed by atoms with Crippen molar-refractivity contribution in [2.45, 2.75) is 26.2 Å². The molecular formula is C19H31IN4. The molecular weight excluding hydrogens is 411 g/mol. The van der Waals surface area contributed by atoms with Crippen LogP contribution in [0.25, 0.3) is 0 Å². The van der Waals surface area contributed by atoms with Gasteiger partial charge in [-0.1, -0.05) is 25.1 Å². The number of hydrogen-bond acceptors (Lipinski definition) is 2. The van der Waals surface area contributed by atoms with Gasteiger partial charge in [0.05, 0.1) is 0 Å². The maximum atomic E-state index is 4.50. The summed E-state index contributed by atoms with van der Waals surface area (Å²) < 4.78 is 0. The number of para-hydroxylation sites is 1. The molecule has 0 aromatic heterocycles. The zero-order valence-corrected chi connectivity index (χ0v) is 17.3. The summed E-state index contributed by atoms with van der Waals surface area (Å²) in [5.41, 5.74) is 1.35. The second kappa shape index (κ2) is 9.49. The summed E-state index contributed by atoms with van der Waals surface area (Å²) in [6.07, 6.45) is 3.89. The van der Waals surface area contributed by atoms with Crippen LogP contribution in [-0.4, -0.2) is 50.6 Å². The number of rotatable bonds is 3. The largest absolute Gasteiger partial charge is 0.371 e. The maximum Gasteiger partial charge on any atom is 0.193 e. The molecule has 5 heteroatoms. The third-order valence-electron chi connectivity index (χ3n) is 5.12. The van der Waals surface area contributed by atoms with Gasteiger partial charge >= 0.3 is 0 Å². The molecule has 0 saturated carbocycles. The molecule has 2 aliphatic rings. The molecule has 0 spiro atoms. The van der Waals surface area contributed by atoms with Gasteiger partial charge in [0.1, 0.15) is 0 Å². The molecule has 134 valence electrons. The molecule has 2 unspecified atom stereocenters. The molecule has 1 aromatic rings. The van der Waals surface area contributed by atoms with Crippen molar-refractivity contribution in [3.05, 3.63) is 30.3 Å². The van der Waals surface area contributed by atoms with E-state index in [0.717, 1.165) is 44.6 Å². The van der Waals surface area contributed by atoms with E-state index in [-0.39, 0.29) is 24.0 Å². The molecule has 2 heterocycles. The molecule has 2 saturated heterocycles. The van der Waals surface area contributed by atoms with E-state index in [1.807, 2.05) is 7.05 Å². The second-order valence-corrected chi connectivity index (χ2v) is 7.06. The average Bonchev–Trinajstić information content (AvgIpc) is 3.05. The van der Waals surface area contributed by atoms with Crippen molar-refractivity contribution in [1.82, 2.24) is 10.2 Å². The molecule has 4 nitrogen and oxygen atoms in total. The monoisotopic (exact) mass is 442 g/mol. The Morgan fingerprint density at radius 1 is 1.17 bits per heavy atom. The lowest BCUT2D eigenvalue weighted by Gasteiger charge is -2.34. The normalized spacial score (nSPS) is 24.7. The Bertz CT molecular complexity index is 519. The summed E-state index contributed by atoms with van der Waals surface area (Å²) in [5.74, 6) is 2.58. The van der Waals surface area contributed by atoms with E-state index in [0.29, 0.717) is 5.92 Å². The highest BCUT2D eigenvalue weighted by Gasteiger charge is 2.24. The fourth-order valence-corrected chi connectivity index (χ4v) is 3.82. The van der Waals surface area contributed by atoms with E-state index in [1.165, 1.54) is 24.9 Å². The first-order valence-corrected chi connectivity index (χ1v) is 9.02. The third-order valence-corrected chi connectivity index (χ3v) is 5.12. The van der Waals surface area contributed by atoms with Crippen LogP contribution in [-0.2, 0) is 0 Å². The van der Waals surface area contributed by atoms with Crippen molar-refractivity contribution in [2.75, 3.05) is 44.7 Å². The number of nitrogens with one attached hydrogen (secondary N) is 1. The number of aliphatic imine (C=N–C) groups is 1. The molecule has 2 aliphatic heterocycles. The van der Waals surface area contributed by atoms with Crippen LogP contribution in [0.4, 0.5) is 5.69 Å². The first-order chi connectivity index (χ1) is 11.3. The highest BCUT2D eigenvalue weighted by atomic mass is 127. The minimum atomic E-state index is 0. The summed E-state index contributed by atoms with van der Waals surface area (Å²) in [5, 5.41) is 3.62. The molecule has 1 N–H and O–H groups in total. The van der Waals surface area contributed by atoms with E-state index >= 15 is 0 Å². The Labute approximate surface area is 163 Å². The van der Waals surface area contributed by atoms with E-state index in [9.17, 15) is 0 Å². The molecule has 24 heavy (non-hydrogen) atoms. The molecule has 0 radical (unpaired) electrons. The summed E-state index contributed by atoms with van der Waals surface area (Å²) >= 11 is 0. The Kier molecular flexibility index (Phi) is 7.65. The van der Waals surface area contributed by atoms with Gasteiger partial charge in [-0.25, -0.2) is 0 Å². The minimum absolute atomic E-state index is 0. The standard InChI is InChI=1S/C19H30N4.HI/c1-16-7-6-11-23(14-16)19(20-2)21-13-17-10-12-22(15-17)18-8-4-3-5-9-18;/h3-5,8-9,16-17H,6-7,10-15H2,1-2H3,(H,20,21);1H. The Hall–Kier alpha value is -0.980. The highest BCUT2D eigenvalue weighted by molar-refractivity contribution is 14.0. The van der Waals surface area contributed by atoms with E-state index in [1.54, 1.807) is 0 Å². The van der Waals surface area contributed by atoms with E-state index < -0.39 is 0 Å². The van der Waals surface area contributed by atoms with Crippen molar-refractivity contribution in [1.29, 1.82) is 0 Å². The Balaban J connectivity index is 0.00000208. The van der Waals surface area contributed by atoms with Gasteiger partial charge < -0.3 is 15.1 Å². The molecule has 0 aliphatic carbocycles. The van der Waals surface area contributed by atoms with Crippen LogP contribution in [0.3, 0.4) is 0 Å². The number of benzene rings is 1. The van der Waals surface area contributed by atoms with Crippen molar-refractivity contribution >= 4 is 35.6 Å². The second-order valence-electron chi connectivity index (χ2n) is 7.06. The topological polar surface area (TPSA) is 30.9 Å². The first kappa shape index (κ1) is 19.3. The van der Waals surface area contributed by atoms with Crippen LogP contribution in [0.15, 0.2) is 35.3 Å². The summed E-state index contributed by atoms with van der Waals surface area (Å²) in [7, 11) is 1.91. The van der Waals surface area contributed by atoms with Crippen molar-refractivity contribution < 1.29 is 0 Å². The minimum Gasteiger partial charge on any atom is -0.371 e. The number of nitrogens with zero attached hydrogens (tertiary/aromatic N) is 3. The lowest BCUT2D eigenvalue weighted by molar-refractivity contribution is 0.265. The Morgan fingerprint density at radius 2 is 1.96 bits per heavy atom. The zero-order valence-electron chi connectivity index (χ0n) is 14.9. The maximum absolute atomic E-state index is 4.50. The highest BCUT2D eigenvalue weighted by Crippen LogP contribution is 2.23. The fourth-order valence-electron chi connectivity index (χ4n) is 3.82. The fraction of sp³-hybridized carbons (Fsp3) is 0.632. The van der Waals surface area contributed by atoms with Crippen LogP contribution in [0, 0.1) is 11.8 Å². The van der Waals surface area contributed by atoms with Crippen molar-refractivity contribution in [3.63, 3.8) is 0 Å². The predicted octanol–water partition coefficient (Wildman–Crippen LogP) is 3.44. The van der Waals surface area contributed by atoms with Crippen LogP contribution in [0.5, 0.6) is 0 Å². The average molecular weight is 442 g/mol. The van der Waals surface area contributed by atoms with Crippen molar-refractivity contribution in [2.24, 2.45) is 16.8 Å². The van der Waals surface area contributed by atoms with Gasteiger partial charge in [0.2, 0.25) is 0 Å². The number of anilines is 1. The number of halogens is 1. The van der Waals surface area contributed by atoms with Gasteiger partial charge in [0.25, 0.3) is 0 Å². The van der Waals surface area contributed by atoms with Gasteiger partial charge in [-0.15, -0.1) is 24.0 Å². The molecule has 3 rings (SSSR count). The zero-order chi connectivity index (χ0) is 16.1. The smallest absolute Gasteiger partial charge is 0.193 e. The number of hydrogen-bond donors (Lipinski definition) is 1. The van der Waals surface area contributed by atoms with Crippen LogP contribution < -0.4 is 10.2 Å². The molecule has 2 fully saturated rings. The molecule has 2 atom stereocenters. The van der Waals surface area contributed by atoms with Crippen molar-refractivity contribution in [3.8, 4) is 0 Å². The Morgan fingerprint density at radius 3 is 2.67 bits per heavy atom. The van der Waals surface area contributed by atoms with Gasteiger partial charge in [-0.2, -0.15) is 0 Å². The first-order valence-electron chi connectivity index (χ1n) is 9.02. The molecule has 0 bridgehead atoms. The van der Waals surface area contributed by atoms with Crippen LogP contribution >= 0.6 is 24.0 Å². The lowest BCUT2D eigenvalue weighted by Crippen LogP contribution is -2.47. The van der Waals surface area contributed by atoms with Crippen LogP contribution in [0.2, 0.25) is 0 Å². The number of guanidine groups is 1. The lowest BCUT2D eigenvalue weighted by atomic mass is 10.0. The summed E-state index contributed by atoms with van der Waals surface area (Å²) in [6, 6.07) is 10.8. The molecule has 1 aromatic carbocycles. The van der Waals surface area contributed by atoms with Gasteiger partial charge in [0, 0.05) is 45.5 Å². The van der Waals surface area contributed by atoms with Gasteiger partial charge in [-0.05, 0) is 43.2 Å².